The van der Waals surface area contributed by atoms with Crippen LogP contribution in [-0.4, -0.2) is 36.5 Å². The number of nitrogens with zero attached hydrogens (tertiary/aromatic N) is 1. The number of piperidine rings is 1. The highest BCUT2D eigenvalue weighted by molar-refractivity contribution is 5.83. The molecular formula is C18H30N2O. The zero-order valence-corrected chi connectivity index (χ0v) is 13.6. The molecule has 0 aromatic rings. The molecule has 1 heterocycles. The summed E-state index contributed by atoms with van der Waals surface area (Å²) in [6, 6.07) is 0.624. The van der Waals surface area contributed by atoms with Crippen LogP contribution in [0.15, 0.2) is 0 Å². The van der Waals surface area contributed by atoms with E-state index in [1.54, 1.807) is 0 Å². The van der Waals surface area contributed by atoms with E-state index >= 15 is 0 Å². The summed E-state index contributed by atoms with van der Waals surface area (Å²) in [7, 11) is 0. The lowest BCUT2D eigenvalue weighted by Crippen LogP contribution is -2.51. The highest BCUT2D eigenvalue weighted by Gasteiger charge is 2.68. The molecule has 2 bridgehead atoms. The van der Waals surface area contributed by atoms with Crippen LogP contribution in [0.3, 0.4) is 0 Å². The molecule has 21 heavy (non-hydrogen) atoms. The average molecular weight is 290 g/mol. The molecule has 6 atom stereocenters. The molecule has 4 fully saturated rings. The van der Waals surface area contributed by atoms with E-state index < -0.39 is 0 Å². The standard InChI is InChI=1S/C18H30N2O/c1-3-11-10-20(8-7-14(11)19-4-2)18(21)17-15-12-5-6-13(9-12)16(15)17/h11-17,19H,3-10H2,1-2H3. The summed E-state index contributed by atoms with van der Waals surface area (Å²) in [6.07, 6.45) is 6.60. The maximum Gasteiger partial charge on any atom is 0.226 e. The van der Waals surface area contributed by atoms with Gasteiger partial charge in [-0.05, 0) is 61.8 Å². The summed E-state index contributed by atoms with van der Waals surface area (Å²) in [5, 5.41) is 3.62. The van der Waals surface area contributed by atoms with Crippen molar-refractivity contribution in [3.05, 3.63) is 0 Å². The number of likely N-dealkylation sites (tertiary alicyclic amines) is 1. The van der Waals surface area contributed by atoms with Gasteiger partial charge in [0, 0.05) is 25.0 Å². The molecule has 1 aliphatic heterocycles. The van der Waals surface area contributed by atoms with Crippen molar-refractivity contribution < 1.29 is 4.79 Å². The third-order valence-corrected chi connectivity index (χ3v) is 7.06. The Morgan fingerprint density at radius 2 is 1.86 bits per heavy atom. The zero-order valence-electron chi connectivity index (χ0n) is 13.6. The first kappa shape index (κ1) is 14.0. The first-order valence-corrected chi connectivity index (χ1v) is 9.26. The molecule has 4 rings (SSSR count). The van der Waals surface area contributed by atoms with Gasteiger partial charge in [0.25, 0.3) is 0 Å². The maximum atomic E-state index is 12.9. The van der Waals surface area contributed by atoms with Gasteiger partial charge in [-0.1, -0.05) is 20.3 Å². The van der Waals surface area contributed by atoms with Crippen LogP contribution in [0.25, 0.3) is 0 Å². The lowest BCUT2D eigenvalue weighted by atomic mass is 9.89. The van der Waals surface area contributed by atoms with E-state index in [1.165, 1.54) is 25.7 Å². The third-order valence-electron chi connectivity index (χ3n) is 7.06. The van der Waals surface area contributed by atoms with Crippen LogP contribution < -0.4 is 5.32 Å². The molecule has 1 amide bonds. The summed E-state index contributed by atoms with van der Waals surface area (Å²) in [4.78, 5) is 15.2. The van der Waals surface area contributed by atoms with E-state index in [4.69, 9.17) is 0 Å². The Kier molecular flexibility index (Phi) is 3.52. The summed E-state index contributed by atoms with van der Waals surface area (Å²) >= 11 is 0. The molecule has 0 radical (unpaired) electrons. The van der Waals surface area contributed by atoms with E-state index in [-0.39, 0.29) is 0 Å². The molecule has 1 N–H and O–H groups in total. The Hall–Kier alpha value is -0.570. The van der Waals surface area contributed by atoms with Gasteiger partial charge in [-0.25, -0.2) is 0 Å². The van der Waals surface area contributed by atoms with Crippen LogP contribution in [0.5, 0.6) is 0 Å². The smallest absolute Gasteiger partial charge is 0.226 e. The van der Waals surface area contributed by atoms with Gasteiger partial charge in [0.05, 0.1) is 0 Å². The highest BCUT2D eigenvalue weighted by Crippen LogP contribution is 2.69. The minimum Gasteiger partial charge on any atom is -0.342 e. The number of carbonyl (C=O) groups is 1. The normalized spacial score (nSPS) is 47.5. The third kappa shape index (κ3) is 2.15. The Bertz CT molecular complexity index is 407. The Balaban J connectivity index is 1.38. The zero-order chi connectivity index (χ0) is 14.6. The predicted molar refractivity (Wildman–Crippen MR) is 83.7 cm³/mol. The number of rotatable bonds is 4. The van der Waals surface area contributed by atoms with E-state index in [9.17, 15) is 4.79 Å². The SMILES string of the molecule is CCNC1CCN(C(=O)C2C3C4CCC(C4)C23)CC1CC. The van der Waals surface area contributed by atoms with Gasteiger partial charge < -0.3 is 10.2 Å². The van der Waals surface area contributed by atoms with Crippen LogP contribution in [-0.2, 0) is 4.79 Å². The fourth-order valence-electron chi connectivity index (χ4n) is 6.04. The lowest BCUT2D eigenvalue weighted by molar-refractivity contribution is -0.136. The maximum absolute atomic E-state index is 12.9. The lowest BCUT2D eigenvalue weighted by Gasteiger charge is -2.39. The van der Waals surface area contributed by atoms with Crippen LogP contribution in [0.2, 0.25) is 0 Å². The van der Waals surface area contributed by atoms with Crippen LogP contribution in [0.1, 0.15) is 46.0 Å². The molecular weight excluding hydrogens is 260 g/mol. The summed E-state index contributed by atoms with van der Waals surface area (Å²) < 4.78 is 0. The Morgan fingerprint density at radius 1 is 1.14 bits per heavy atom. The van der Waals surface area contributed by atoms with Gasteiger partial charge in [0.2, 0.25) is 5.91 Å². The monoisotopic (exact) mass is 290 g/mol. The first-order chi connectivity index (χ1) is 10.2. The van der Waals surface area contributed by atoms with Crippen molar-refractivity contribution in [1.29, 1.82) is 0 Å². The van der Waals surface area contributed by atoms with Crippen molar-refractivity contribution in [3.8, 4) is 0 Å². The van der Waals surface area contributed by atoms with E-state index in [0.717, 1.165) is 49.7 Å². The predicted octanol–water partition coefficient (Wildman–Crippen LogP) is 2.52. The Morgan fingerprint density at radius 3 is 2.48 bits per heavy atom. The fraction of sp³-hybridized carbons (Fsp3) is 0.944. The van der Waals surface area contributed by atoms with Crippen LogP contribution >= 0.6 is 0 Å². The van der Waals surface area contributed by atoms with Gasteiger partial charge >= 0.3 is 0 Å². The quantitative estimate of drug-likeness (QED) is 0.863. The van der Waals surface area contributed by atoms with Crippen molar-refractivity contribution in [2.75, 3.05) is 19.6 Å². The molecule has 1 saturated heterocycles. The molecule has 3 nitrogen and oxygen atoms in total. The fourth-order valence-corrected chi connectivity index (χ4v) is 6.04. The molecule has 118 valence electrons. The molecule has 0 spiro atoms. The first-order valence-electron chi connectivity index (χ1n) is 9.26. The number of nitrogens with one attached hydrogen (secondary N) is 1. The minimum atomic E-state index is 0.435. The van der Waals surface area contributed by atoms with Gasteiger partial charge in [-0.2, -0.15) is 0 Å². The number of hydrogen-bond acceptors (Lipinski definition) is 2. The van der Waals surface area contributed by atoms with Crippen molar-refractivity contribution in [2.45, 2.75) is 52.0 Å². The van der Waals surface area contributed by atoms with E-state index in [0.29, 0.717) is 23.8 Å². The minimum absolute atomic E-state index is 0.435. The van der Waals surface area contributed by atoms with E-state index in [2.05, 4.69) is 24.1 Å². The molecule has 4 aliphatic rings. The van der Waals surface area contributed by atoms with Gasteiger partial charge in [-0.3, -0.25) is 4.79 Å². The second-order valence-electron chi connectivity index (χ2n) is 7.92. The number of fused-ring (bicyclic) bond motifs is 5. The average Bonchev–Trinajstić information content (AvgIpc) is 2.94. The Labute approximate surface area is 128 Å². The summed E-state index contributed by atoms with van der Waals surface area (Å²) in [5.74, 6) is 5.02. The van der Waals surface area contributed by atoms with E-state index in [1.807, 2.05) is 0 Å². The number of amides is 1. The van der Waals surface area contributed by atoms with Crippen molar-refractivity contribution in [1.82, 2.24) is 10.2 Å². The summed E-state index contributed by atoms with van der Waals surface area (Å²) in [6.45, 7) is 7.49. The molecule has 0 aromatic carbocycles. The number of hydrogen-bond donors (Lipinski definition) is 1. The van der Waals surface area contributed by atoms with Crippen molar-refractivity contribution >= 4 is 5.91 Å². The molecule has 6 unspecified atom stereocenters. The second-order valence-corrected chi connectivity index (χ2v) is 7.92. The second kappa shape index (κ2) is 5.26. The van der Waals surface area contributed by atoms with Crippen LogP contribution in [0.4, 0.5) is 0 Å². The number of carbonyl (C=O) groups excluding carboxylic acids is 1. The topological polar surface area (TPSA) is 32.3 Å². The largest absolute Gasteiger partial charge is 0.342 e. The highest BCUT2D eigenvalue weighted by atomic mass is 16.2. The molecule has 3 heteroatoms. The van der Waals surface area contributed by atoms with Gasteiger partial charge in [-0.15, -0.1) is 0 Å². The summed E-state index contributed by atoms with van der Waals surface area (Å²) in [5.41, 5.74) is 0. The van der Waals surface area contributed by atoms with Gasteiger partial charge in [0.15, 0.2) is 0 Å². The van der Waals surface area contributed by atoms with Crippen molar-refractivity contribution in [3.63, 3.8) is 0 Å². The molecule has 0 aromatic heterocycles. The molecule has 3 saturated carbocycles. The molecule has 3 aliphatic carbocycles. The van der Waals surface area contributed by atoms with Crippen LogP contribution in [0, 0.1) is 35.5 Å². The van der Waals surface area contributed by atoms with Crippen molar-refractivity contribution in [2.24, 2.45) is 35.5 Å². The van der Waals surface area contributed by atoms with Gasteiger partial charge in [0.1, 0.15) is 0 Å².